The summed E-state index contributed by atoms with van der Waals surface area (Å²) >= 11 is 0. The van der Waals surface area contributed by atoms with E-state index in [4.69, 9.17) is 19.2 Å². The number of aliphatic hydroxyl groups is 1. The van der Waals surface area contributed by atoms with Crippen LogP contribution in [0.15, 0.2) is 41.5 Å². The maximum absolute atomic E-state index is 14.4. The Morgan fingerprint density at radius 3 is 2.60 bits per heavy atom. The van der Waals surface area contributed by atoms with Gasteiger partial charge in [-0.25, -0.2) is 9.78 Å². The summed E-state index contributed by atoms with van der Waals surface area (Å²) < 4.78 is 14.1. The van der Waals surface area contributed by atoms with Gasteiger partial charge in [0.2, 0.25) is 5.91 Å². The molecular formula is C32H41N3O7. The van der Waals surface area contributed by atoms with Crippen LogP contribution in [0.5, 0.6) is 5.75 Å². The van der Waals surface area contributed by atoms with E-state index in [1.807, 2.05) is 76.5 Å². The molecule has 5 heterocycles. The molecule has 0 radical (unpaired) electrons. The Morgan fingerprint density at radius 1 is 1.14 bits per heavy atom. The maximum atomic E-state index is 14.4. The number of benzene rings is 1. The molecule has 0 saturated carbocycles. The van der Waals surface area contributed by atoms with E-state index >= 15 is 0 Å². The summed E-state index contributed by atoms with van der Waals surface area (Å²) in [5, 5.41) is 13.5. The molecule has 42 heavy (non-hydrogen) atoms. The third kappa shape index (κ3) is 4.30. The first kappa shape index (κ1) is 28.9. The summed E-state index contributed by atoms with van der Waals surface area (Å²) in [5.41, 5.74) is 1.13. The molecule has 10 heteroatoms. The van der Waals surface area contributed by atoms with Gasteiger partial charge in [0, 0.05) is 30.0 Å². The highest BCUT2D eigenvalue weighted by atomic mass is 17.2. The normalized spacial score (nSPS) is 29.8. The number of carbonyl (C=O) groups is 2. The average Bonchev–Trinajstić information content (AvgIpc) is 3.54. The van der Waals surface area contributed by atoms with Crippen molar-refractivity contribution in [2.24, 2.45) is 0 Å². The molecule has 0 bridgehead atoms. The Hall–Kier alpha value is -3.18. The predicted molar refractivity (Wildman–Crippen MR) is 155 cm³/mol. The molecule has 2 saturated heterocycles. The molecular weight excluding hydrogens is 538 g/mol. The van der Waals surface area contributed by atoms with E-state index in [0.717, 1.165) is 27.7 Å². The monoisotopic (exact) mass is 579 g/mol. The summed E-state index contributed by atoms with van der Waals surface area (Å²) in [6.07, 6.45) is 3.56. The lowest BCUT2D eigenvalue weighted by atomic mass is 9.79. The topological polar surface area (TPSA) is 103 Å². The number of aromatic nitrogens is 1. The molecule has 1 aromatic heterocycles. The van der Waals surface area contributed by atoms with Crippen molar-refractivity contribution in [1.82, 2.24) is 14.4 Å². The number of hydrogen-bond donors (Lipinski definition) is 1. The summed E-state index contributed by atoms with van der Waals surface area (Å²) in [7, 11) is 1.61. The fourth-order valence-electron chi connectivity index (χ4n) is 7.02. The van der Waals surface area contributed by atoms with Crippen LogP contribution in [-0.2, 0) is 24.1 Å². The van der Waals surface area contributed by atoms with Gasteiger partial charge >= 0.3 is 0 Å². The molecule has 5 atom stereocenters. The van der Waals surface area contributed by atoms with Crippen molar-refractivity contribution in [3.63, 3.8) is 0 Å². The molecule has 0 unspecified atom stereocenters. The lowest BCUT2D eigenvalue weighted by Crippen LogP contribution is -2.74. The number of carbonyl (C=O) groups excluding carboxylic acids is 2. The van der Waals surface area contributed by atoms with Crippen molar-refractivity contribution in [3.05, 3.63) is 52.8 Å². The lowest BCUT2D eigenvalue weighted by molar-refractivity contribution is -0.390. The Balaban J connectivity index is 1.72. The van der Waals surface area contributed by atoms with E-state index < -0.39 is 41.6 Å². The molecule has 10 nitrogen and oxygen atoms in total. The van der Waals surface area contributed by atoms with Gasteiger partial charge in [-0.1, -0.05) is 17.2 Å². The van der Waals surface area contributed by atoms with E-state index in [9.17, 15) is 14.7 Å². The summed E-state index contributed by atoms with van der Waals surface area (Å²) in [5.74, 6) is -0.133. The number of hydrogen-bond acceptors (Lipinski definition) is 7. The lowest BCUT2D eigenvalue weighted by Gasteiger charge is -2.56. The average molecular weight is 580 g/mol. The van der Waals surface area contributed by atoms with E-state index in [1.54, 1.807) is 12.0 Å². The zero-order valence-corrected chi connectivity index (χ0v) is 25.5. The number of nitrogens with zero attached hydrogens (tertiary/aromatic N) is 3. The van der Waals surface area contributed by atoms with Gasteiger partial charge < -0.3 is 24.0 Å². The molecule has 226 valence electrons. The first-order valence-electron chi connectivity index (χ1n) is 14.7. The first-order valence-corrected chi connectivity index (χ1v) is 14.7. The minimum absolute atomic E-state index is 0.156. The van der Waals surface area contributed by atoms with Gasteiger partial charge in [-0.05, 0) is 72.6 Å². The number of methoxy groups -OCH3 is 1. The zero-order valence-electron chi connectivity index (χ0n) is 25.5. The third-order valence-corrected chi connectivity index (χ3v) is 8.81. The van der Waals surface area contributed by atoms with Crippen molar-refractivity contribution in [2.45, 2.75) is 96.5 Å². The fraction of sp³-hybridized carbons (Fsp3) is 0.562. The second-order valence-corrected chi connectivity index (χ2v) is 12.9. The SMILES string of the molecule is COc1ccc2c3c4n(c2c1)[C@@H](C=C(C)C)OOC(C)(C)C[C@@H]4N1C(=O)[C@@H]2CCCN2C(=O)[C@]1(O)[C@H]3OCC=C(C)C. The molecule has 0 spiro atoms. The van der Waals surface area contributed by atoms with Crippen LogP contribution in [0.4, 0.5) is 0 Å². The molecule has 4 aliphatic rings. The van der Waals surface area contributed by atoms with Crippen LogP contribution < -0.4 is 4.74 Å². The summed E-state index contributed by atoms with van der Waals surface area (Å²) in [4.78, 5) is 43.9. The van der Waals surface area contributed by atoms with Gasteiger partial charge in [-0.2, -0.15) is 0 Å². The summed E-state index contributed by atoms with van der Waals surface area (Å²) in [6.45, 7) is 12.3. The van der Waals surface area contributed by atoms with Gasteiger partial charge in [0.05, 0.1) is 31.0 Å². The Bertz CT molecular complexity index is 1500. The molecule has 0 aliphatic carbocycles. The highest BCUT2D eigenvalue weighted by Gasteiger charge is 2.67. The summed E-state index contributed by atoms with van der Waals surface area (Å²) in [6, 6.07) is 4.37. The minimum Gasteiger partial charge on any atom is -0.497 e. The van der Waals surface area contributed by atoms with Gasteiger partial charge in [0.25, 0.3) is 11.6 Å². The highest BCUT2D eigenvalue weighted by molar-refractivity contribution is 6.02. The largest absolute Gasteiger partial charge is 0.497 e. The van der Waals surface area contributed by atoms with Crippen LogP contribution >= 0.6 is 0 Å². The van der Waals surface area contributed by atoms with Crippen LogP contribution in [0.25, 0.3) is 10.9 Å². The van der Waals surface area contributed by atoms with Gasteiger partial charge in [0.1, 0.15) is 23.5 Å². The number of amides is 2. The van der Waals surface area contributed by atoms with Crippen molar-refractivity contribution in [3.8, 4) is 5.75 Å². The van der Waals surface area contributed by atoms with Gasteiger partial charge in [-0.3, -0.25) is 14.5 Å². The number of piperazine rings is 1. The number of ether oxygens (including phenoxy) is 2. The standard InChI is InChI=1S/C32H41N3O7/c1-18(2)12-14-40-28-26-21-11-10-20(39-7)16-23(21)34-25(15-19(3)4)41-42-31(5,6)17-24(27(26)34)35-29(36)22-9-8-13-33(22)30(37)32(28,35)38/h10-12,15-16,22,24-25,28,38H,8-9,13-14,17H2,1-7H3/t22-,24-,25+,28-,32+/m0/s1. The highest BCUT2D eigenvalue weighted by Crippen LogP contribution is 2.56. The van der Waals surface area contributed by atoms with Crippen molar-refractivity contribution >= 4 is 22.7 Å². The smallest absolute Gasteiger partial charge is 0.279 e. The van der Waals surface area contributed by atoms with Gasteiger partial charge in [-0.15, -0.1) is 0 Å². The van der Waals surface area contributed by atoms with Crippen LogP contribution in [0.1, 0.15) is 90.4 Å². The molecule has 2 amide bonds. The quantitative estimate of drug-likeness (QED) is 0.399. The zero-order chi connectivity index (χ0) is 30.1. The van der Waals surface area contributed by atoms with E-state index in [-0.39, 0.29) is 18.9 Å². The first-order chi connectivity index (χ1) is 19.9. The molecule has 1 N–H and O–H groups in total. The number of fused-ring (bicyclic) bond motifs is 6. The molecule has 6 rings (SSSR count). The molecule has 2 fully saturated rings. The predicted octanol–water partition coefficient (Wildman–Crippen LogP) is 4.85. The number of allylic oxidation sites excluding steroid dienone is 2. The van der Waals surface area contributed by atoms with Gasteiger partial charge in [0.15, 0.2) is 6.23 Å². The van der Waals surface area contributed by atoms with E-state index in [0.29, 0.717) is 30.7 Å². The minimum atomic E-state index is -2.24. The van der Waals surface area contributed by atoms with Crippen LogP contribution in [0, 0.1) is 0 Å². The Morgan fingerprint density at radius 2 is 1.90 bits per heavy atom. The van der Waals surface area contributed by atoms with E-state index in [2.05, 4.69) is 0 Å². The molecule has 2 aromatic rings. The van der Waals surface area contributed by atoms with Crippen molar-refractivity contribution < 1.29 is 33.9 Å². The molecule has 1 aromatic carbocycles. The van der Waals surface area contributed by atoms with Crippen LogP contribution in [-0.4, -0.2) is 68.9 Å². The number of rotatable bonds is 5. The Labute approximate surface area is 246 Å². The molecule has 4 aliphatic heterocycles. The van der Waals surface area contributed by atoms with Crippen LogP contribution in [0.2, 0.25) is 0 Å². The van der Waals surface area contributed by atoms with E-state index in [1.165, 1.54) is 4.90 Å². The van der Waals surface area contributed by atoms with Crippen molar-refractivity contribution in [1.29, 1.82) is 0 Å². The third-order valence-electron chi connectivity index (χ3n) is 8.81. The maximum Gasteiger partial charge on any atom is 0.279 e. The Kier molecular flexibility index (Phi) is 7.04. The second kappa shape index (κ2) is 10.2. The second-order valence-electron chi connectivity index (χ2n) is 12.9. The fourth-order valence-corrected chi connectivity index (χ4v) is 7.02. The van der Waals surface area contributed by atoms with Crippen LogP contribution in [0.3, 0.4) is 0 Å². The van der Waals surface area contributed by atoms with Crippen molar-refractivity contribution in [2.75, 3.05) is 20.3 Å².